The highest BCUT2D eigenvalue weighted by molar-refractivity contribution is 6.29. The van der Waals surface area contributed by atoms with Gasteiger partial charge >= 0.3 is 0 Å². The van der Waals surface area contributed by atoms with Crippen molar-refractivity contribution < 1.29 is 9.59 Å². The van der Waals surface area contributed by atoms with E-state index in [0.29, 0.717) is 23.8 Å². The number of piperazine rings is 1. The average Bonchev–Trinajstić information content (AvgIpc) is 2.40. The second kappa shape index (κ2) is 5.79. The second-order valence-corrected chi connectivity index (χ2v) is 5.69. The summed E-state index contributed by atoms with van der Waals surface area (Å²) in [5.74, 6) is -0.0270. The van der Waals surface area contributed by atoms with Gasteiger partial charge < -0.3 is 9.80 Å². The summed E-state index contributed by atoms with van der Waals surface area (Å²) in [5.41, 5.74) is 1.27. The van der Waals surface area contributed by atoms with E-state index >= 15 is 0 Å². The van der Waals surface area contributed by atoms with Crippen LogP contribution < -0.4 is 0 Å². The maximum atomic E-state index is 12.4. The van der Waals surface area contributed by atoms with E-state index in [0.717, 1.165) is 5.69 Å². The molecule has 0 bridgehead atoms. The lowest BCUT2D eigenvalue weighted by atomic mass is 10.1. The number of aromatic nitrogens is 1. The normalized spacial score (nSPS) is 15.9. The van der Waals surface area contributed by atoms with Crippen molar-refractivity contribution in [1.29, 1.82) is 0 Å². The fraction of sp³-hybridized carbons (Fsp3) is 0.500. The zero-order valence-electron chi connectivity index (χ0n) is 11.9. The summed E-state index contributed by atoms with van der Waals surface area (Å²) >= 11 is 5.97. The van der Waals surface area contributed by atoms with Gasteiger partial charge in [-0.1, -0.05) is 25.4 Å². The second-order valence-electron chi connectivity index (χ2n) is 5.30. The summed E-state index contributed by atoms with van der Waals surface area (Å²) in [5, 5.41) is 0.306. The average molecular weight is 296 g/mol. The van der Waals surface area contributed by atoms with E-state index in [4.69, 9.17) is 11.6 Å². The van der Waals surface area contributed by atoms with Gasteiger partial charge in [0.05, 0.1) is 0 Å². The molecular formula is C14H18ClN3O2. The molecular weight excluding hydrogens is 278 g/mol. The Morgan fingerprint density at radius 2 is 2.05 bits per heavy atom. The molecule has 0 N–H and O–H groups in total. The van der Waals surface area contributed by atoms with Gasteiger partial charge in [0.1, 0.15) is 11.7 Å². The van der Waals surface area contributed by atoms with Crippen molar-refractivity contribution in [3.63, 3.8) is 0 Å². The zero-order valence-corrected chi connectivity index (χ0v) is 12.6. The molecule has 108 valence electrons. The Balaban J connectivity index is 2.23. The number of carbonyl (C=O) groups is 2. The Labute approximate surface area is 123 Å². The number of halogens is 1. The van der Waals surface area contributed by atoms with Crippen molar-refractivity contribution in [3.8, 4) is 0 Å². The summed E-state index contributed by atoms with van der Waals surface area (Å²) < 4.78 is 0. The molecule has 20 heavy (non-hydrogen) atoms. The first-order valence-corrected chi connectivity index (χ1v) is 6.97. The Morgan fingerprint density at radius 3 is 2.65 bits per heavy atom. The number of nitrogens with zero attached hydrogens (tertiary/aromatic N) is 3. The molecule has 1 fully saturated rings. The smallest absolute Gasteiger partial charge is 0.254 e. The molecule has 0 atom stereocenters. The molecule has 1 aromatic rings. The molecule has 5 nitrogen and oxygen atoms in total. The van der Waals surface area contributed by atoms with Crippen molar-refractivity contribution >= 4 is 23.4 Å². The van der Waals surface area contributed by atoms with E-state index in [1.807, 2.05) is 13.8 Å². The summed E-state index contributed by atoms with van der Waals surface area (Å²) in [6.45, 7) is 5.20. The topological polar surface area (TPSA) is 53.5 Å². The van der Waals surface area contributed by atoms with Gasteiger partial charge in [-0.25, -0.2) is 4.98 Å². The van der Waals surface area contributed by atoms with Crippen molar-refractivity contribution in [2.75, 3.05) is 26.7 Å². The molecule has 1 aromatic heterocycles. The van der Waals surface area contributed by atoms with Gasteiger partial charge in [-0.2, -0.15) is 0 Å². The first-order chi connectivity index (χ1) is 9.38. The molecule has 0 radical (unpaired) electrons. The third kappa shape index (κ3) is 3.10. The van der Waals surface area contributed by atoms with Crippen LogP contribution in [0.3, 0.4) is 0 Å². The number of rotatable bonds is 2. The fourth-order valence-electron chi connectivity index (χ4n) is 2.05. The lowest BCUT2D eigenvalue weighted by Crippen LogP contribution is -2.50. The van der Waals surface area contributed by atoms with Crippen LogP contribution in [-0.4, -0.2) is 53.3 Å². The van der Waals surface area contributed by atoms with Crippen LogP contribution in [0.1, 0.15) is 35.8 Å². The standard InChI is InChI=1S/C14H18ClN3O2/c1-9(2)11-6-10(7-12(15)16-11)14(20)18-5-4-17(3)13(19)8-18/h6-7,9H,4-5,8H2,1-3H3. The predicted octanol–water partition coefficient (Wildman–Crippen LogP) is 1.77. The molecule has 0 unspecified atom stereocenters. The van der Waals surface area contributed by atoms with Crippen LogP contribution in [0, 0.1) is 0 Å². The lowest BCUT2D eigenvalue weighted by molar-refractivity contribution is -0.133. The number of likely N-dealkylation sites (N-methyl/N-ethyl adjacent to an activating group) is 1. The molecule has 1 aliphatic heterocycles. The SMILES string of the molecule is CC(C)c1cc(C(=O)N2CCN(C)C(=O)C2)cc(Cl)n1. The van der Waals surface area contributed by atoms with E-state index < -0.39 is 0 Å². The molecule has 0 aliphatic carbocycles. The van der Waals surface area contributed by atoms with Crippen LogP contribution in [0.2, 0.25) is 5.15 Å². The van der Waals surface area contributed by atoms with Crippen LogP contribution in [0.25, 0.3) is 0 Å². The van der Waals surface area contributed by atoms with Gasteiger partial charge in [0.2, 0.25) is 5.91 Å². The number of hydrogen-bond donors (Lipinski definition) is 0. The van der Waals surface area contributed by atoms with Crippen molar-refractivity contribution in [2.45, 2.75) is 19.8 Å². The van der Waals surface area contributed by atoms with Gasteiger partial charge in [0, 0.05) is 31.4 Å². The van der Waals surface area contributed by atoms with E-state index in [1.165, 1.54) is 0 Å². The minimum atomic E-state index is -0.169. The summed E-state index contributed by atoms with van der Waals surface area (Å²) in [6, 6.07) is 3.31. The lowest BCUT2D eigenvalue weighted by Gasteiger charge is -2.32. The molecule has 2 amide bonds. The predicted molar refractivity (Wildman–Crippen MR) is 76.9 cm³/mol. The van der Waals surface area contributed by atoms with Crippen LogP contribution in [-0.2, 0) is 4.79 Å². The van der Waals surface area contributed by atoms with E-state index in [1.54, 1.807) is 29.0 Å². The maximum absolute atomic E-state index is 12.4. The monoisotopic (exact) mass is 295 g/mol. The van der Waals surface area contributed by atoms with Crippen LogP contribution >= 0.6 is 11.6 Å². The summed E-state index contributed by atoms with van der Waals surface area (Å²) in [4.78, 5) is 31.5. The quantitative estimate of drug-likeness (QED) is 0.782. The fourth-order valence-corrected chi connectivity index (χ4v) is 2.27. The summed E-state index contributed by atoms with van der Waals surface area (Å²) in [7, 11) is 1.74. The Morgan fingerprint density at radius 1 is 1.35 bits per heavy atom. The third-order valence-electron chi connectivity index (χ3n) is 3.40. The minimum Gasteiger partial charge on any atom is -0.342 e. The van der Waals surface area contributed by atoms with E-state index in [-0.39, 0.29) is 24.3 Å². The molecule has 6 heteroatoms. The largest absolute Gasteiger partial charge is 0.342 e. The van der Waals surface area contributed by atoms with Crippen molar-refractivity contribution in [3.05, 3.63) is 28.5 Å². The van der Waals surface area contributed by atoms with Gasteiger partial charge in [-0.05, 0) is 18.1 Å². The van der Waals surface area contributed by atoms with Gasteiger partial charge in [0.15, 0.2) is 0 Å². The zero-order chi connectivity index (χ0) is 14.9. The van der Waals surface area contributed by atoms with Gasteiger partial charge in [-0.3, -0.25) is 9.59 Å². The molecule has 0 spiro atoms. The van der Waals surface area contributed by atoms with Crippen molar-refractivity contribution in [1.82, 2.24) is 14.8 Å². The molecule has 2 rings (SSSR count). The van der Waals surface area contributed by atoms with E-state index in [9.17, 15) is 9.59 Å². The van der Waals surface area contributed by atoms with Crippen LogP contribution in [0.4, 0.5) is 0 Å². The number of amides is 2. The number of pyridine rings is 1. The summed E-state index contributed by atoms with van der Waals surface area (Å²) in [6.07, 6.45) is 0. The molecule has 0 saturated carbocycles. The highest BCUT2D eigenvalue weighted by Gasteiger charge is 2.26. The van der Waals surface area contributed by atoms with Gasteiger partial charge in [-0.15, -0.1) is 0 Å². The van der Waals surface area contributed by atoms with Crippen molar-refractivity contribution in [2.24, 2.45) is 0 Å². The molecule has 1 saturated heterocycles. The molecule has 2 heterocycles. The van der Waals surface area contributed by atoms with Crippen LogP contribution in [0.5, 0.6) is 0 Å². The number of hydrogen-bond acceptors (Lipinski definition) is 3. The first kappa shape index (κ1) is 14.8. The van der Waals surface area contributed by atoms with Gasteiger partial charge in [0.25, 0.3) is 5.91 Å². The maximum Gasteiger partial charge on any atom is 0.254 e. The van der Waals surface area contributed by atoms with Crippen LogP contribution in [0.15, 0.2) is 12.1 Å². The third-order valence-corrected chi connectivity index (χ3v) is 3.59. The van der Waals surface area contributed by atoms with E-state index in [2.05, 4.69) is 4.98 Å². The Hall–Kier alpha value is -1.62. The molecule has 0 aromatic carbocycles. The Kier molecular flexibility index (Phi) is 4.28. The minimum absolute atomic E-state index is 0.0474. The highest BCUT2D eigenvalue weighted by Crippen LogP contribution is 2.19. The number of carbonyl (C=O) groups excluding carboxylic acids is 2. The first-order valence-electron chi connectivity index (χ1n) is 6.59. The Bertz CT molecular complexity index is 545. The molecule has 1 aliphatic rings. The highest BCUT2D eigenvalue weighted by atomic mass is 35.5.